The van der Waals surface area contributed by atoms with E-state index in [0.717, 1.165) is 29.7 Å². The van der Waals surface area contributed by atoms with E-state index < -0.39 is 0 Å². The lowest BCUT2D eigenvalue weighted by Gasteiger charge is -2.50. The fourth-order valence-corrected chi connectivity index (χ4v) is 5.06. The summed E-state index contributed by atoms with van der Waals surface area (Å²) < 4.78 is 0. The Morgan fingerprint density at radius 2 is 2.00 bits per heavy atom. The first-order chi connectivity index (χ1) is 10.8. The number of hydrogen-bond donors (Lipinski definition) is 2. The van der Waals surface area contributed by atoms with Crippen molar-refractivity contribution in [3.05, 3.63) is 22.8 Å². The number of nitrogens with zero attached hydrogens (tertiary/aromatic N) is 1. The third-order valence-electron chi connectivity index (χ3n) is 6.34. The molecule has 3 nitrogen and oxygen atoms in total. The quantitative estimate of drug-likeness (QED) is 0.786. The Bertz CT molecular complexity index is 662. The van der Waals surface area contributed by atoms with Gasteiger partial charge >= 0.3 is 0 Å². The molecule has 2 aliphatic carbocycles. The Morgan fingerprint density at radius 3 is 2.61 bits per heavy atom. The summed E-state index contributed by atoms with van der Waals surface area (Å²) in [7, 11) is 1.82. The Balaban J connectivity index is 2.30. The molecule has 126 valence electrons. The average molecular weight is 315 g/mol. The molecule has 2 aliphatic rings. The molecule has 0 radical (unpaired) electrons. The second-order valence-electron chi connectivity index (χ2n) is 8.00. The Labute approximate surface area is 139 Å². The maximum atomic E-state index is 10.9. The molecule has 1 aromatic carbocycles. The topological polar surface area (TPSA) is 52.8 Å². The number of benzene rings is 1. The van der Waals surface area contributed by atoms with E-state index in [1.54, 1.807) is 0 Å². The van der Waals surface area contributed by atoms with Crippen LogP contribution in [0.4, 0.5) is 0 Å². The maximum absolute atomic E-state index is 10.9. The van der Waals surface area contributed by atoms with E-state index in [-0.39, 0.29) is 22.8 Å². The zero-order chi connectivity index (χ0) is 16.9. The minimum absolute atomic E-state index is 0.0195. The minimum atomic E-state index is 0.0195. The number of rotatable bonds is 1. The van der Waals surface area contributed by atoms with E-state index in [2.05, 4.69) is 18.8 Å². The van der Waals surface area contributed by atoms with Crippen LogP contribution in [-0.2, 0) is 5.41 Å². The molecule has 3 heteroatoms. The number of aromatic hydroxyl groups is 2. The van der Waals surface area contributed by atoms with Gasteiger partial charge in [0.05, 0.1) is 0 Å². The maximum Gasteiger partial charge on any atom is 0.132 e. The lowest BCUT2D eigenvalue weighted by Crippen LogP contribution is -2.45. The predicted molar refractivity (Wildman–Crippen MR) is 94.8 cm³/mol. The second kappa shape index (κ2) is 5.54. The molecule has 23 heavy (non-hydrogen) atoms. The monoisotopic (exact) mass is 315 g/mol. The SMILES string of the molecule is CN=C1CC2C(C)CCCC2(C)c2cc(O)c(C(C)C)c(O)c21. The van der Waals surface area contributed by atoms with E-state index >= 15 is 0 Å². The van der Waals surface area contributed by atoms with E-state index in [1.807, 2.05) is 27.0 Å². The van der Waals surface area contributed by atoms with E-state index in [1.165, 1.54) is 12.8 Å². The molecular formula is C20H29NO2. The molecule has 3 rings (SSSR count). The number of aliphatic imine (C=N–C) groups is 1. The normalized spacial score (nSPS) is 32.0. The summed E-state index contributed by atoms with van der Waals surface area (Å²) in [4.78, 5) is 4.51. The van der Waals surface area contributed by atoms with Gasteiger partial charge in [0.15, 0.2) is 0 Å². The molecule has 1 aromatic rings. The third-order valence-corrected chi connectivity index (χ3v) is 6.34. The van der Waals surface area contributed by atoms with Gasteiger partial charge in [-0.25, -0.2) is 0 Å². The van der Waals surface area contributed by atoms with Crippen molar-refractivity contribution in [2.24, 2.45) is 16.8 Å². The molecule has 3 atom stereocenters. The first-order valence-electron chi connectivity index (χ1n) is 8.86. The highest BCUT2D eigenvalue weighted by Gasteiger charge is 2.48. The summed E-state index contributed by atoms with van der Waals surface area (Å²) in [6.45, 7) is 8.65. The van der Waals surface area contributed by atoms with Crippen molar-refractivity contribution in [1.29, 1.82) is 0 Å². The summed E-state index contributed by atoms with van der Waals surface area (Å²) >= 11 is 0. The summed E-state index contributed by atoms with van der Waals surface area (Å²) in [5.74, 6) is 1.73. The van der Waals surface area contributed by atoms with Gasteiger partial charge in [0.1, 0.15) is 11.5 Å². The fraction of sp³-hybridized carbons (Fsp3) is 0.650. The van der Waals surface area contributed by atoms with Crippen molar-refractivity contribution in [3.8, 4) is 11.5 Å². The number of fused-ring (bicyclic) bond motifs is 3. The van der Waals surface area contributed by atoms with Crippen LogP contribution >= 0.6 is 0 Å². The van der Waals surface area contributed by atoms with Crippen molar-refractivity contribution >= 4 is 5.71 Å². The van der Waals surface area contributed by atoms with Gasteiger partial charge in [-0.3, -0.25) is 4.99 Å². The van der Waals surface area contributed by atoms with Gasteiger partial charge in [-0.2, -0.15) is 0 Å². The molecule has 0 spiro atoms. The van der Waals surface area contributed by atoms with Gasteiger partial charge in [0, 0.05) is 23.9 Å². The van der Waals surface area contributed by atoms with Crippen LogP contribution in [0, 0.1) is 11.8 Å². The summed E-state index contributed by atoms with van der Waals surface area (Å²) in [6, 6.07) is 1.92. The predicted octanol–water partition coefficient (Wildman–Crippen LogP) is 4.74. The number of hydrogen-bond acceptors (Lipinski definition) is 3. The molecule has 0 bridgehead atoms. The fourth-order valence-electron chi connectivity index (χ4n) is 5.06. The minimum Gasteiger partial charge on any atom is -0.508 e. The van der Waals surface area contributed by atoms with Crippen LogP contribution in [0.25, 0.3) is 0 Å². The molecular weight excluding hydrogens is 286 g/mol. The number of phenolic OH excluding ortho intramolecular Hbond substituents is 2. The van der Waals surface area contributed by atoms with Crippen LogP contribution in [0.3, 0.4) is 0 Å². The zero-order valence-corrected chi connectivity index (χ0v) is 15.0. The smallest absolute Gasteiger partial charge is 0.132 e. The van der Waals surface area contributed by atoms with Crippen LogP contribution in [0.15, 0.2) is 11.1 Å². The van der Waals surface area contributed by atoms with Gasteiger partial charge in [0.2, 0.25) is 0 Å². The summed E-state index contributed by atoms with van der Waals surface area (Å²) in [5, 5.41) is 21.5. The average Bonchev–Trinajstić information content (AvgIpc) is 2.47. The summed E-state index contributed by atoms with van der Waals surface area (Å²) in [5.41, 5.74) is 3.65. The Morgan fingerprint density at radius 1 is 1.30 bits per heavy atom. The Hall–Kier alpha value is -1.51. The van der Waals surface area contributed by atoms with E-state index in [0.29, 0.717) is 17.4 Å². The third kappa shape index (κ3) is 2.28. The molecule has 0 heterocycles. The molecule has 3 unspecified atom stereocenters. The van der Waals surface area contributed by atoms with Crippen molar-refractivity contribution in [2.75, 3.05) is 7.05 Å². The van der Waals surface area contributed by atoms with Gasteiger partial charge in [0.25, 0.3) is 0 Å². The first-order valence-corrected chi connectivity index (χ1v) is 8.86. The molecule has 2 N–H and O–H groups in total. The highest BCUT2D eigenvalue weighted by molar-refractivity contribution is 6.06. The molecule has 0 aromatic heterocycles. The lowest BCUT2D eigenvalue weighted by molar-refractivity contribution is 0.138. The van der Waals surface area contributed by atoms with Crippen molar-refractivity contribution in [2.45, 2.75) is 64.7 Å². The van der Waals surface area contributed by atoms with Gasteiger partial charge < -0.3 is 10.2 Å². The zero-order valence-electron chi connectivity index (χ0n) is 15.0. The van der Waals surface area contributed by atoms with Crippen LogP contribution < -0.4 is 0 Å². The van der Waals surface area contributed by atoms with Crippen LogP contribution in [-0.4, -0.2) is 23.0 Å². The molecule has 0 amide bonds. The largest absolute Gasteiger partial charge is 0.508 e. The van der Waals surface area contributed by atoms with Crippen LogP contribution in [0.2, 0.25) is 0 Å². The van der Waals surface area contributed by atoms with Crippen LogP contribution in [0.1, 0.15) is 76.0 Å². The standard InChI is InChI=1S/C20H29NO2/c1-11(2)17-16(22)10-14-18(19(17)23)15(21-5)9-13-12(3)7-6-8-20(13,14)4/h10-13,22-23H,6-9H2,1-5H3. The second-order valence-corrected chi connectivity index (χ2v) is 8.00. The lowest BCUT2D eigenvalue weighted by atomic mass is 9.54. The van der Waals surface area contributed by atoms with Crippen molar-refractivity contribution in [3.63, 3.8) is 0 Å². The molecule has 1 saturated carbocycles. The molecule has 0 aliphatic heterocycles. The highest BCUT2D eigenvalue weighted by atomic mass is 16.3. The van der Waals surface area contributed by atoms with E-state index in [4.69, 9.17) is 0 Å². The van der Waals surface area contributed by atoms with E-state index in [9.17, 15) is 10.2 Å². The highest BCUT2D eigenvalue weighted by Crippen LogP contribution is 2.55. The van der Waals surface area contributed by atoms with Crippen molar-refractivity contribution < 1.29 is 10.2 Å². The van der Waals surface area contributed by atoms with Crippen molar-refractivity contribution in [1.82, 2.24) is 0 Å². The van der Waals surface area contributed by atoms with Gasteiger partial charge in [-0.05, 0) is 47.6 Å². The Kier molecular flexibility index (Phi) is 3.94. The van der Waals surface area contributed by atoms with Gasteiger partial charge in [-0.1, -0.05) is 40.5 Å². The van der Waals surface area contributed by atoms with Gasteiger partial charge in [-0.15, -0.1) is 0 Å². The first kappa shape index (κ1) is 16.4. The molecule has 0 saturated heterocycles. The molecule has 1 fully saturated rings. The number of phenols is 2. The summed E-state index contributed by atoms with van der Waals surface area (Å²) in [6.07, 6.45) is 4.51. The van der Waals surface area contributed by atoms with Crippen LogP contribution in [0.5, 0.6) is 11.5 Å².